The number of aromatic nitrogens is 1. The van der Waals surface area contributed by atoms with Crippen LogP contribution in [0.5, 0.6) is 0 Å². The zero-order valence-corrected chi connectivity index (χ0v) is 12.5. The average molecular weight is 330 g/mol. The van der Waals surface area contributed by atoms with E-state index in [1.807, 2.05) is 18.4 Å². The fraction of sp³-hybridized carbons (Fsp3) is 0.182. The number of thioether (sulfide) groups is 1. The monoisotopic (exact) mass is 329 g/mol. The molecule has 17 heavy (non-hydrogen) atoms. The Bertz CT molecular complexity index is 513. The van der Waals surface area contributed by atoms with Gasteiger partial charge in [0.2, 0.25) is 0 Å². The van der Waals surface area contributed by atoms with Crippen molar-refractivity contribution in [2.24, 2.45) is 0 Å². The van der Waals surface area contributed by atoms with Crippen molar-refractivity contribution < 1.29 is 0 Å². The molecular weight excluding hydrogens is 318 g/mol. The second kappa shape index (κ2) is 5.75. The molecule has 1 heterocycles. The predicted molar refractivity (Wildman–Crippen MR) is 79.8 cm³/mol. The highest BCUT2D eigenvalue weighted by Gasteiger charge is 2.09. The summed E-state index contributed by atoms with van der Waals surface area (Å²) in [6.07, 6.45) is 2.00. The molecule has 6 heteroatoms. The quantitative estimate of drug-likeness (QED) is 0.837. The molecule has 1 aromatic carbocycles. The highest BCUT2D eigenvalue weighted by atomic mass is 79.9. The van der Waals surface area contributed by atoms with Crippen LogP contribution in [-0.4, -0.2) is 10.6 Å². The fourth-order valence-corrected chi connectivity index (χ4v) is 3.42. The topological polar surface area (TPSA) is 50.9 Å². The van der Waals surface area contributed by atoms with Gasteiger partial charge in [0.25, 0.3) is 0 Å². The number of hydrogen-bond acceptors (Lipinski definition) is 5. The third-order valence-electron chi connectivity index (χ3n) is 2.22. The van der Waals surface area contributed by atoms with Crippen LogP contribution in [0.25, 0.3) is 0 Å². The Balaban J connectivity index is 2.07. The summed E-state index contributed by atoms with van der Waals surface area (Å²) in [7, 11) is 0. The van der Waals surface area contributed by atoms with E-state index in [9.17, 15) is 0 Å². The second-order valence-corrected chi connectivity index (χ2v) is 5.92. The third-order valence-corrected chi connectivity index (χ3v) is 4.48. The lowest BCUT2D eigenvalue weighted by Crippen LogP contribution is -1.98. The number of nitrogens with one attached hydrogen (secondary N) is 1. The molecule has 0 bridgehead atoms. The number of nitrogens with zero attached hydrogens (tertiary/aromatic N) is 1. The summed E-state index contributed by atoms with van der Waals surface area (Å²) in [5.41, 5.74) is 7.00. The Hall–Kier alpha value is -0.720. The SMILES string of the molecule is CSc1c(N)nsc1NCc1cccc(Br)c1. The minimum atomic E-state index is 0.610. The molecule has 0 aliphatic rings. The summed E-state index contributed by atoms with van der Waals surface area (Å²) >= 11 is 6.48. The third kappa shape index (κ3) is 3.14. The molecule has 90 valence electrons. The van der Waals surface area contributed by atoms with E-state index in [0.717, 1.165) is 20.9 Å². The van der Waals surface area contributed by atoms with Crippen LogP contribution in [-0.2, 0) is 6.54 Å². The normalized spacial score (nSPS) is 10.5. The van der Waals surface area contributed by atoms with E-state index in [1.165, 1.54) is 17.1 Å². The Morgan fingerprint density at radius 3 is 3.06 bits per heavy atom. The van der Waals surface area contributed by atoms with Gasteiger partial charge in [-0.3, -0.25) is 0 Å². The van der Waals surface area contributed by atoms with Crippen molar-refractivity contribution in [3.63, 3.8) is 0 Å². The highest BCUT2D eigenvalue weighted by Crippen LogP contribution is 2.34. The number of benzene rings is 1. The van der Waals surface area contributed by atoms with Gasteiger partial charge in [-0.15, -0.1) is 11.8 Å². The minimum Gasteiger partial charge on any atom is -0.382 e. The van der Waals surface area contributed by atoms with Crippen molar-refractivity contribution in [2.75, 3.05) is 17.3 Å². The predicted octanol–water partition coefficient (Wildman–Crippen LogP) is 3.82. The number of rotatable bonds is 4. The van der Waals surface area contributed by atoms with Gasteiger partial charge in [0.15, 0.2) is 5.82 Å². The van der Waals surface area contributed by atoms with Crippen molar-refractivity contribution in [3.8, 4) is 0 Å². The number of hydrogen-bond donors (Lipinski definition) is 2. The van der Waals surface area contributed by atoms with Crippen molar-refractivity contribution in [1.29, 1.82) is 0 Å². The molecule has 0 aliphatic carbocycles. The Morgan fingerprint density at radius 1 is 1.53 bits per heavy atom. The zero-order chi connectivity index (χ0) is 12.3. The van der Waals surface area contributed by atoms with E-state index < -0.39 is 0 Å². The van der Waals surface area contributed by atoms with Crippen LogP contribution in [0, 0.1) is 0 Å². The zero-order valence-electron chi connectivity index (χ0n) is 9.24. The van der Waals surface area contributed by atoms with Gasteiger partial charge in [0.05, 0.1) is 4.90 Å². The summed E-state index contributed by atoms with van der Waals surface area (Å²) in [5, 5.41) is 4.40. The number of nitrogen functional groups attached to an aromatic ring is 1. The van der Waals surface area contributed by atoms with E-state index in [0.29, 0.717) is 5.82 Å². The van der Waals surface area contributed by atoms with Gasteiger partial charge in [-0.05, 0) is 35.5 Å². The summed E-state index contributed by atoms with van der Waals surface area (Å²) in [5.74, 6) is 0.610. The Morgan fingerprint density at radius 2 is 2.35 bits per heavy atom. The van der Waals surface area contributed by atoms with Gasteiger partial charge < -0.3 is 11.1 Å². The van der Waals surface area contributed by atoms with Crippen LogP contribution in [0.2, 0.25) is 0 Å². The summed E-state index contributed by atoms with van der Waals surface area (Å²) in [6, 6.07) is 8.22. The molecule has 3 N–H and O–H groups in total. The molecule has 2 rings (SSSR count). The molecule has 0 spiro atoms. The van der Waals surface area contributed by atoms with E-state index in [2.05, 4.69) is 37.8 Å². The number of anilines is 2. The van der Waals surface area contributed by atoms with Crippen LogP contribution >= 0.6 is 39.2 Å². The number of halogens is 1. The lowest BCUT2D eigenvalue weighted by atomic mass is 10.2. The fourth-order valence-electron chi connectivity index (χ4n) is 1.43. The van der Waals surface area contributed by atoms with E-state index in [4.69, 9.17) is 5.73 Å². The molecule has 0 unspecified atom stereocenters. The maximum atomic E-state index is 5.78. The Labute approximate surface area is 117 Å². The van der Waals surface area contributed by atoms with Gasteiger partial charge in [0, 0.05) is 11.0 Å². The van der Waals surface area contributed by atoms with Crippen LogP contribution in [0.3, 0.4) is 0 Å². The van der Waals surface area contributed by atoms with Crippen LogP contribution in [0.1, 0.15) is 5.56 Å². The standard InChI is InChI=1S/C11H12BrN3S2/c1-16-9-10(13)15-17-11(9)14-6-7-3-2-4-8(12)5-7/h2-5,14H,6H2,1H3,(H2,13,15). The first-order valence-electron chi connectivity index (χ1n) is 4.98. The number of nitrogens with two attached hydrogens (primary N) is 1. The molecule has 0 atom stereocenters. The summed E-state index contributed by atoms with van der Waals surface area (Å²) < 4.78 is 5.23. The Kier molecular flexibility index (Phi) is 4.31. The van der Waals surface area contributed by atoms with Crippen molar-refractivity contribution >= 4 is 50.0 Å². The average Bonchev–Trinajstić information content (AvgIpc) is 2.67. The van der Waals surface area contributed by atoms with Gasteiger partial charge >= 0.3 is 0 Å². The smallest absolute Gasteiger partial charge is 0.153 e. The first-order valence-corrected chi connectivity index (χ1v) is 7.77. The van der Waals surface area contributed by atoms with Gasteiger partial charge in [-0.25, -0.2) is 0 Å². The molecule has 2 aromatic rings. The maximum absolute atomic E-state index is 5.78. The van der Waals surface area contributed by atoms with E-state index in [1.54, 1.807) is 11.8 Å². The van der Waals surface area contributed by atoms with Gasteiger partial charge in [-0.2, -0.15) is 4.37 Å². The second-order valence-electron chi connectivity index (χ2n) is 3.41. The molecule has 0 aliphatic heterocycles. The molecular formula is C11H12BrN3S2. The molecule has 0 amide bonds. The summed E-state index contributed by atoms with van der Waals surface area (Å²) in [4.78, 5) is 1.03. The largest absolute Gasteiger partial charge is 0.382 e. The lowest BCUT2D eigenvalue weighted by molar-refractivity contribution is 1.15. The van der Waals surface area contributed by atoms with Crippen molar-refractivity contribution in [2.45, 2.75) is 11.4 Å². The van der Waals surface area contributed by atoms with Gasteiger partial charge in [-0.1, -0.05) is 28.1 Å². The van der Waals surface area contributed by atoms with Crippen molar-refractivity contribution in [3.05, 3.63) is 34.3 Å². The van der Waals surface area contributed by atoms with E-state index >= 15 is 0 Å². The minimum absolute atomic E-state index is 0.610. The van der Waals surface area contributed by atoms with Crippen LogP contribution in [0.4, 0.5) is 10.8 Å². The molecule has 0 radical (unpaired) electrons. The maximum Gasteiger partial charge on any atom is 0.153 e. The first kappa shape index (κ1) is 12.7. The molecule has 1 aromatic heterocycles. The van der Waals surface area contributed by atoms with E-state index in [-0.39, 0.29) is 0 Å². The molecule has 0 saturated carbocycles. The molecule has 3 nitrogen and oxygen atoms in total. The van der Waals surface area contributed by atoms with Crippen LogP contribution < -0.4 is 11.1 Å². The first-order chi connectivity index (χ1) is 8.20. The molecule has 0 saturated heterocycles. The lowest BCUT2D eigenvalue weighted by Gasteiger charge is -2.05. The van der Waals surface area contributed by atoms with Gasteiger partial charge in [0.1, 0.15) is 5.00 Å². The van der Waals surface area contributed by atoms with Crippen LogP contribution in [0.15, 0.2) is 33.6 Å². The summed E-state index contributed by atoms with van der Waals surface area (Å²) in [6.45, 7) is 0.772. The van der Waals surface area contributed by atoms with Crippen molar-refractivity contribution in [1.82, 2.24) is 4.37 Å². The highest BCUT2D eigenvalue weighted by molar-refractivity contribution is 9.10. The molecule has 0 fully saturated rings.